The fourth-order valence-electron chi connectivity index (χ4n) is 3.65. The lowest BCUT2D eigenvalue weighted by Gasteiger charge is -2.31. The van der Waals surface area contributed by atoms with E-state index in [1.807, 2.05) is 67.6 Å². The summed E-state index contributed by atoms with van der Waals surface area (Å²) in [4.78, 5) is 28.3. The van der Waals surface area contributed by atoms with Gasteiger partial charge >= 0.3 is 0 Å². The van der Waals surface area contributed by atoms with Crippen LogP contribution in [-0.4, -0.2) is 35.1 Å². The molecule has 0 heterocycles. The van der Waals surface area contributed by atoms with Gasteiger partial charge in [0, 0.05) is 25.3 Å². The van der Waals surface area contributed by atoms with Gasteiger partial charge in [-0.15, -0.1) is 11.8 Å². The molecule has 0 aromatic heterocycles. The molecule has 5 heteroatoms. The fraction of sp³-hybridized carbons (Fsp3) is 0.286. The molecule has 2 amide bonds. The average Bonchev–Trinajstić information content (AvgIpc) is 2.84. The van der Waals surface area contributed by atoms with Crippen LogP contribution < -0.4 is 5.32 Å². The first-order valence-corrected chi connectivity index (χ1v) is 12.5. The minimum absolute atomic E-state index is 0.0249. The van der Waals surface area contributed by atoms with E-state index in [4.69, 9.17) is 0 Å². The van der Waals surface area contributed by atoms with Crippen molar-refractivity contribution in [3.8, 4) is 0 Å². The summed E-state index contributed by atoms with van der Waals surface area (Å²) in [5.41, 5.74) is 4.46. The van der Waals surface area contributed by atoms with Crippen LogP contribution >= 0.6 is 11.8 Å². The number of aryl methyl sites for hydroxylation is 1. The van der Waals surface area contributed by atoms with Crippen LogP contribution in [0.5, 0.6) is 0 Å². The van der Waals surface area contributed by atoms with Crippen LogP contribution in [0.3, 0.4) is 0 Å². The molecular weight excluding hydrogens is 428 g/mol. The Labute approximate surface area is 201 Å². The lowest BCUT2D eigenvalue weighted by Crippen LogP contribution is -2.51. The number of nitrogens with one attached hydrogen (secondary N) is 1. The van der Waals surface area contributed by atoms with Crippen molar-refractivity contribution in [2.75, 3.05) is 12.3 Å². The van der Waals surface area contributed by atoms with Gasteiger partial charge in [0.15, 0.2) is 0 Å². The molecule has 0 saturated carbocycles. The average molecular weight is 461 g/mol. The second-order valence-corrected chi connectivity index (χ2v) is 9.07. The molecule has 1 N–H and O–H groups in total. The Kier molecular flexibility index (Phi) is 9.58. The lowest BCUT2D eigenvalue weighted by atomic mass is 10.0. The molecule has 33 heavy (non-hydrogen) atoms. The normalized spacial score (nSPS) is 11.6. The first-order valence-electron chi connectivity index (χ1n) is 11.3. The number of carbonyl (C=O) groups excluding carboxylic acids is 2. The van der Waals surface area contributed by atoms with Crippen molar-refractivity contribution >= 4 is 23.6 Å². The number of likely N-dealkylation sites (N-methyl/N-ethyl adjacent to an activating group) is 1. The summed E-state index contributed by atoms with van der Waals surface area (Å²) in [6.45, 7) is 4.90. The van der Waals surface area contributed by atoms with E-state index >= 15 is 0 Å². The van der Waals surface area contributed by atoms with Crippen molar-refractivity contribution in [1.29, 1.82) is 0 Å². The third-order valence-electron chi connectivity index (χ3n) is 5.43. The lowest BCUT2D eigenvalue weighted by molar-refractivity contribution is -0.139. The highest BCUT2D eigenvalue weighted by molar-refractivity contribution is 7.99. The third kappa shape index (κ3) is 7.79. The van der Waals surface area contributed by atoms with E-state index in [0.717, 1.165) is 16.9 Å². The summed E-state index contributed by atoms with van der Waals surface area (Å²) < 4.78 is 0. The maximum Gasteiger partial charge on any atom is 0.243 e. The molecule has 0 fully saturated rings. The van der Waals surface area contributed by atoms with E-state index in [9.17, 15) is 9.59 Å². The van der Waals surface area contributed by atoms with Gasteiger partial charge < -0.3 is 10.2 Å². The van der Waals surface area contributed by atoms with E-state index in [1.165, 1.54) is 11.1 Å². The zero-order chi connectivity index (χ0) is 23.5. The molecule has 0 aliphatic carbocycles. The molecule has 0 aliphatic rings. The second-order valence-electron chi connectivity index (χ2n) is 8.09. The van der Waals surface area contributed by atoms with E-state index in [1.54, 1.807) is 16.7 Å². The quantitative estimate of drug-likeness (QED) is 0.438. The first-order chi connectivity index (χ1) is 16.1. The van der Waals surface area contributed by atoms with E-state index in [-0.39, 0.29) is 11.8 Å². The van der Waals surface area contributed by atoms with Crippen molar-refractivity contribution in [2.24, 2.45) is 0 Å². The maximum absolute atomic E-state index is 13.5. The molecule has 3 aromatic carbocycles. The Morgan fingerprint density at radius 3 is 2.06 bits per heavy atom. The highest BCUT2D eigenvalue weighted by atomic mass is 32.2. The Morgan fingerprint density at radius 1 is 0.848 bits per heavy atom. The fourth-order valence-corrected chi connectivity index (χ4v) is 4.52. The summed E-state index contributed by atoms with van der Waals surface area (Å²) in [5, 5.41) is 2.93. The zero-order valence-electron chi connectivity index (χ0n) is 19.4. The van der Waals surface area contributed by atoms with Crippen molar-refractivity contribution < 1.29 is 9.59 Å². The van der Waals surface area contributed by atoms with Gasteiger partial charge in [-0.2, -0.15) is 0 Å². The summed E-state index contributed by atoms with van der Waals surface area (Å²) in [5.74, 6) is 0.943. The van der Waals surface area contributed by atoms with Crippen LogP contribution in [-0.2, 0) is 28.3 Å². The van der Waals surface area contributed by atoms with Gasteiger partial charge in [0.05, 0.1) is 5.75 Å². The van der Waals surface area contributed by atoms with E-state index < -0.39 is 6.04 Å². The number of carbonyl (C=O) groups is 2. The molecular formula is C28H32N2O2S. The molecule has 3 rings (SSSR count). The van der Waals surface area contributed by atoms with Crippen LogP contribution in [0.25, 0.3) is 0 Å². The monoisotopic (exact) mass is 460 g/mol. The number of hydrogen-bond donors (Lipinski definition) is 1. The predicted octanol–water partition coefficient (Wildman–Crippen LogP) is 5.00. The minimum Gasteiger partial charge on any atom is -0.355 e. The summed E-state index contributed by atoms with van der Waals surface area (Å²) in [6, 6.07) is 27.6. The molecule has 0 spiro atoms. The molecule has 3 aromatic rings. The highest BCUT2D eigenvalue weighted by Crippen LogP contribution is 2.18. The molecule has 1 atom stereocenters. The maximum atomic E-state index is 13.5. The number of rotatable bonds is 11. The topological polar surface area (TPSA) is 49.4 Å². The number of thioether (sulfide) groups is 1. The molecule has 0 aliphatic heterocycles. The van der Waals surface area contributed by atoms with Gasteiger partial charge in [-0.1, -0.05) is 90.5 Å². The van der Waals surface area contributed by atoms with Gasteiger partial charge in [-0.25, -0.2) is 0 Å². The highest BCUT2D eigenvalue weighted by Gasteiger charge is 2.29. The molecule has 0 bridgehead atoms. The Balaban J connectivity index is 1.79. The number of hydrogen-bond acceptors (Lipinski definition) is 3. The van der Waals surface area contributed by atoms with E-state index in [2.05, 4.69) is 36.5 Å². The zero-order valence-corrected chi connectivity index (χ0v) is 20.2. The van der Waals surface area contributed by atoms with Crippen LogP contribution in [0.15, 0.2) is 84.9 Å². The molecule has 0 radical (unpaired) electrons. The van der Waals surface area contributed by atoms with Gasteiger partial charge in [0.25, 0.3) is 0 Å². The van der Waals surface area contributed by atoms with Crippen LogP contribution in [0.4, 0.5) is 0 Å². The summed E-state index contributed by atoms with van der Waals surface area (Å²) in [7, 11) is 0. The SMILES string of the molecule is CCNC(=O)[C@@H](Cc1ccccc1)N(Cc1ccccc1)C(=O)CSCc1ccc(C)cc1. The van der Waals surface area contributed by atoms with Crippen molar-refractivity contribution in [3.63, 3.8) is 0 Å². The van der Waals surface area contributed by atoms with Crippen LogP contribution in [0.2, 0.25) is 0 Å². The number of benzene rings is 3. The molecule has 172 valence electrons. The predicted molar refractivity (Wildman–Crippen MR) is 137 cm³/mol. The van der Waals surface area contributed by atoms with Crippen LogP contribution in [0.1, 0.15) is 29.2 Å². The van der Waals surface area contributed by atoms with Gasteiger partial charge in [0.1, 0.15) is 6.04 Å². The Bertz CT molecular complexity index is 1010. The summed E-state index contributed by atoms with van der Waals surface area (Å²) in [6.07, 6.45) is 0.480. The largest absolute Gasteiger partial charge is 0.355 e. The smallest absolute Gasteiger partial charge is 0.243 e. The number of amides is 2. The van der Waals surface area contributed by atoms with E-state index in [0.29, 0.717) is 25.3 Å². The second kappa shape index (κ2) is 12.9. The first kappa shape index (κ1) is 24.6. The summed E-state index contributed by atoms with van der Waals surface area (Å²) >= 11 is 1.59. The van der Waals surface area contributed by atoms with Gasteiger partial charge in [-0.3, -0.25) is 9.59 Å². The minimum atomic E-state index is -0.569. The van der Waals surface area contributed by atoms with Crippen molar-refractivity contribution in [1.82, 2.24) is 10.2 Å². The Morgan fingerprint density at radius 2 is 1.45 bits per heavy atom. The molecule has 0 unspecified atom stereocenters. The van der Waals surface area contributed by atoms with Gasteiger partial charge in [-0.05, 0) is 30.5 Å². The van der Waals surface area contributed by atoms with Crippen molar-refractivity contribution in [3.05, 3.63) is 107 Å². The van der Waals surface area contributed by atoms with Gasteiger partial charge in [0.2, 0.25) is 11.8 Å². The molecule has 4 nitrogen and oxygen atoms in total. The molecule has 0 saturated heterocycles. The standard InChI is InChI=1S/C28H32N2O2S/c1-3-29-28(32)26(18-23-10-6-4-7-11-23)30(19-24-12-8-5-9-13-24)27(31)21-33-20-25-16-14-22(2)15-17-25/h4-17,26H,3,18-21H2,1-2H3,(H,29,32)/t26-/m1/s1. The third-order valence-corrected chi connectivity index (χ3v) is 6.42. The number of nitrogens with zero attached hydrogens (tertiary/aromatic N) is 1. The van der Waals surface area contributed by atoms with Crippen molar-refractivity contribution in [2.45, 2.75) is 38.6 Å². The van der Waals surface area contributed by atoms with Crippen LogP contribution in [0, 0.1) is 6.92 Å². The Hall–Kier alpha value is -3.05.